The Balaban J connectivity index is 1.93. The van der Waals surface area contributed by atoms with E-state index in [1.54, 1.807) is 13.0 Å². The lowest BCUT2D eigenvalue weighted by Crippen LogP contribution is -2.25. The molecule has 0 aliphatic carbocycles. The van der Waals surface area contributed by atoms with Gasteiger partial charge in [0, 0.05) is 25.1 Å². The van der Waals surface area contributed by atoms with E-state index in [-0.39, 0.29) is 11.1 Å². The molecular formula is C17H19FN4O2. The number of aromatic nitrogens is 2. The van der Waals surface area contributed by atoms with Gasteiger partial charge in [-0.2, -0.15) is 5.10 Å². The number of amides is 1. The molecule has 1 amide bonds. The molecule has 3 rings (SSSR count). The number of carbonyl (C=O) groups is 1. The molecule has 0 bridgehead atoms. The smallest absolute Gasteiger partial charge is 0.269 e. The summed E-state index contributed by atoms with van der Waals surface area (Å²) in [4.78, 5) is 23.8. The number of fused-ring (bicyclic) bond motifs is 1. The molecule has 3 N–H and O–H groups in total. The van der Waals surface area contributed by atoms with Gasteiger partial charge < -0.3 is 10.6 Å². The van der Waals surface area contributed by atoms with Crippen molar-refractivity contribution in [2.75, 3.05) is 18.4 Å². The first-order valence-electron chi connectivity index (χ1n) is 8.01. The number of H-pyrrole nitrogens is 1. The third-order valence-electron chi connectivity index (χ3n) is 4.05. The van der Waals surface area contributed by atoms with Crippen LogP contribution in [0, 0.1) is 5.82 Å². The van der Waals surface area contributed by atoms with Gasteiger partial charge in [0.15, 0.2) is 0 Å². The van der Waals surface area contributed by atoms with Gasteiger partial charge in [0.1, 0.15) is 5.82 Å². The molecule has 2 aromatic rings. The number of hydrogen-bond acceptors (Lipinski definition) is 4. The first kappa shape index (κ1) is 16.2. The lowest BCUT2D eigenvalue weighted by atomic mass is 10.00. The maximum atomic E-state index is 13.9. The number of rotatable bonds is 4. The minimum absolute atomic E-state index is 0.0144. The average molecular weight is 330 g/mol. The fraction of sp³-hybridized carbons (Fsp3) is 0.353. The third kappa shape index (κ3) is 3.15. The van der Waals surface area contributed by atoms with Crippen LogP contribution in [0.1, 0.15) is 40.5 Å². The van der Waals surface area contributed by atoms with Crippen molar-refractivity contribution >= 4 is 11.6 Å². The standard InChI is InChI=1S/C17H19FN4O2/c1-2-19-16(23)12-8-10(5-6-13(12)18)9-14-15-11(4-3-7-20-15)17(24)22-21-14/h5-6,8,20H,2-4,7,9H2,1H3,(H,19,23)(H,22,24). The van der Waals surface area contributed by atoms with Gasteiger partial charge in [-0.05, 0) is 37.5 Å². The molecule has 1 aliphatic heterocycles. The monoisotopic (exact) mass is 330 g/mol. The second kappa shape index (κ2) is 6.82. The molecule has 1 aromatic heterocycles. The molecule has 0 saturated carbocycles. The number of nitrogens with zero attached hydrogens (tertiary/aromatic N) is 1. The molecule has 7 heteroatoms. The third-order valence-corrected chi connectivity index (χ3v) is 4.05. The van der Waals surface area contributed by atoms with E-state index < -0.39 is 11.7 Å². The van der Waals surface area contributed by atoms with Crippen molar-refractivity contribution in [3.63, 3.8) is 0 Å². The number of carbonyl (C=O) groups excluding carboxylic acids is 1. The van der Waals surface area contributed by atoms with Crippen LogP contribution >= 0.6 is 0 Å². The Kier molecular flexibility index (Phi) is 4.59. The highest BCUT2D eigenvalue weighted by Gasteiger charge is 2.18. The van der Waals surface area contributed by atoms with Crippen LogP contribution in [-0.4, -0.2) is 29.2 Å². The molecule has 24 heavy (non-hydrogen) atoms. The summed E-state index contributed by atoms with van der Waals surface area (Å²) in [5.74, 6) is -0.995. The van der Waals surface area contributed by atoms with Crippen LogP contribution in [-0.2, 0) is 12.8 Å². The zero-order valence-electron chi connectivity index (χ0n) is 13.4. The van der Waals surface area contributed by atoms with Crippen molar-refractivity contribution in [1.29, 1.82) is 0 Å². The van der Waals surface area contributed by atoms with E-state index in [1.807, 2.05) is 0 Å². The van der Waals surface area contributed by atoms with Crippen LogP contribution in [0.15, 0.2) is 23.0 Å². The number of hydrogen-bond donors (Lipinski definition) is 3. The van der Waals surface area contributed by atoms with Crippen LogP contribution in [0.5, 0.6) is 0 Å². The summed E-state index contributed by atoms with van der Waals surface area (Å²) in [6.45, 7) is 3.00. The summed E-state index contributed by atoms with van der Waals surface area (Å²) in [5.41, 5.74) is 2.75. The van der Waals surface area contributed by atoms with Crippen LogP contribution in [0.2, 0.25) is 0 Å². The summed E-state index contributed by atoms with van der Waals surface area (Å²) < 4.78 is 13.9. The molecule has 1 aliphatic rings. The van der Waals surface area contributed by atoms with Crippen molar-refractivity contribution in [3.05, 3.63) is 56.8 Å². The predicted octanol–water partition coefficient (Wildman–Crippen LogP) is 1.61. The number of halogens is 1. The Hall–Kier alpha value is -2.70. The molecule has 126 valence electrons. The highest BCUT2D eigenvalue weighted by molar-refractivity contribution is 5.94. The number of benzene rings is 1. The van der Waals surface area contributed by atoms with Crippen LogP contribution in [0.3, 0.4) is 0 Å². The highest BCUT2D eigenvalue weighted by Crippen LogP contribution is 2.24. The van der Waals surface area contributed by atoms with Gasteiger partial charge in [-0.15, -0.1) is 0 Å². The Bertz CT molecular complexity index is 832. The fourth-order valence-electron chi connectivity index (χ4n) is 2.89. The van der Waals surface area contributed by atoms with Gasteiger partial charge in [0.05, 0.1) is 16.9 Å². The Morgan fingerprint density at radius 1 is 1.42 bits per heavy atom. The second-order valence-electron chi connectivity index (χ2n) is 5.73. The van der Waals surface area contributed by atoms with Crippen molar-refractivity contribution < 1.29 is 9.18 Å². The maximum absolute atomic E-state index is 13.9. The summed E-state index contributed by atoms with van der Waals surface area (Å²) in [5, 5.41) is 12.5. The Morgan fingerprint density at radius 2 is 2.25 bits per heavy atom. The van der Waals surface area contributed by atoms with Crippen molar-refractivity contribution in [2.24, 2.45) is 0 Å². The van der Waals surface area contributed by atoms with Gasteiger partial charge >= 0.3 is 0 Å². The van der Waals surface area contributed by atoms with Gasteiger partial charge in [-0.3, -0.25) is 9.59 Å². The molecule has 6 nitrogen and oxygen atoms in total. The summed E-state index contributed by atoms with van der Waals surface area (Å²) >= 11 is 0. The summed E-state index contributed by atoms with van der Waals surface area (Å²) in [6.07, 6.45) is 2.01. The zero-order valence-corrected chi connectivity index (χ0v) is 13.4. The maximum Gasteiger partial charge on any atom is 0.269 e. The Labute approximate surface area is 138 Å². The van der Waals surface area contributed by atoms with Crippen LogP contribution < -0.4 is 16.2 Å². The van der Waals surface area contributed by atoms with Gasteiger partial charge in [0.2, 0.25) is 0 Å². The van der Waals surface area contributed by atoms with E-state index in [1.165, 1.54) is 12.1 Å². The van der Waals surface area contributed by atoms with E-state index in [0.29, 0.717) is 30.6 Å². The SMILES string of the molecule is CCNC(=O)c1cc(Cc2n[nH]c(=O)c3c2NCCC3)ccc1F. The van der Waals surface area contributed by atoms with Gasteiger partial charge in [-0.1, -0.05) is 6.07 Å². The minimum atomic E-state index is -0.556. The van der Waals surface area contributed by atoms with Gasteiger partial charge in [0.25, 0.3) is 11.5 Å². The summed E-state index contributed by atoms with van der Waals surface area (Å²) in [7, 11) is 0. The number of aromatic amines is 1. The normalized spacial score (nSPS) is 13.1. The molecule has 0 radical (unpaired) electrons. The summed E-state index contributed by atoms with van der Waals surface area (Å²) in [6, 6.07) is 4.44. The van der Waals surface area contributed by atoms with E-state index >= 15 is 0 Å². The van der Waals surface area contributed by atoms with Crippen LogP contribution in [0.4, 0.5) is 10.1 Å². The minimum Gasteiger partial charge on any atom is -0.383 e. The molecule has 0 atom stereocenters. The van der Waals surface area contributed by atoms with E-state index in [4.69, 9.17) is 0 Å². The lowest BCUT2D eigenvalue weighted by Gasteiger charge is -2.19. The van der Waals surface area contributed by atoms with E-state index in [0.717, 1.165) is 24.2 Å². The number of anilines is 1. The van der Waals surface area contributed by atoms with Crippen molar-refractivity contribution in [2.45, 2.75) is 26.2 Å². The van der Waals surface area contributed by atoms with Crippen molar-refractivity contribution in [1.82, 2.24) is 15.5 Å². The zero-order chi connectivity index (χ0) is 17.1. The quantitative estimate of drug-likeness (QED) is 0.795. The fourth-order valence-corrected chi connectivity index (χ4v) is 2.89. The number of nitrogens with one attached hydrogen (secondary N) is 3. The first-order valence-corrected chi connectivity index (χ1v) is 8.01. The predicted molar refractivity (Wildman–Crippen MR) is 88.9 cm³/mol. The topological polar surface area (TPSA) is 86.9 Å². The molecule has 2 heterocycles. The average Bonchev–Trinajstić information content (AvgIpc) is 2.59. The second-order valence-corrected chi connectivity index (χ2v) is 5.73. The largest absolute Gasteiger partial charge is 0.383 e. The molecule has 0 saturated heterocycles. The molecular weight excluding hydrogens is 311 g/mol. The highest BCUT2D eigenvalue weighted by atomic mass is 19.1. The Morgan fingerprint density at radius 3 is 3.04 bits per heavy atom. The molecule has 0 fully saturated rings. The molecule has 0 unspecified atom stereocenters. The van der Waals surface area contributed by atoms with Crippen molar-refractivity contribution in [3.8, 4) is 0 Å². The van der Waals surface area contributed by atoms with Gasteiger partial charge in [-0.25, -0.2) is 9.49 Å². The van der Waals surface area contributed by atoms with E-state index in [2.05, 4.69) is 20.8 Å². The lowest BCUT2D eigenvalue weighted by molar-refractivity contribution is 0.0951. The molecule has 1 aromatic carbocycles. The van der Waals surface area contributed by atoms with Crippen LogP contribution in [0.25, 0.3) is 0 Å². The first-order chi connectivity index (χ1) is 11.6. The molecule has 0 spiro atoms. The van der Waals surface area contributed by atoms with E-state index in [9.17, 15) is 14.0 Å².